The Labute approximate surface area is 221 Å². The smallest absolute Gasteiger partial charge is 0.235 e. The molecule has 1 aromatic rings. The summed E-state index contributed by atoms with van der Waals surface area (Å²) in [6.07, 6.45) is 0.928. The van der Waals surface area contributed by atoms with Gasteiger partial charge in [0.1, 0.15) is 5.75 Å². The third kappa shape index (κ3) is 4.10. The van der Waals surface area contributed by atoms with Crippen LogP contribution < -0.4 is 11.1 Å². The lowest BCUT2D eigenvalue weighted by Crippen LogP contribution is -2.74. The highest BCUT2D eigenvalue weighted by atomic mass is 16.3. The molecule has 3 aliphatic rings. The number of likely N-dealkylation sites (N-methyl/N-ethyl adjacent to an activating group) is 1. The van der Waals surface area contributed by atoms with Crippen molar-refractivity contribution in [3.8, 4) is 5.75 Å². The number of aliphatic hydroxyl groups is 1. The molecule has 4 rings (SSSR count). The van der Waals surface area contributed by atoms with E-state index in [0.29, 0.717) is 36.6 Å². The Bertz CT molecular complexity index is 1220. The number of hydrogen-bond acceptors (Lipinski definition) is 9. The number of primary amides is 1. The summed E-state index contributed by atoms with van der Waals surface area (Å²) in [5, 5.41) is 26.1. The summed E-state index contributed by atoms with van der Waals surface area (Å²) in [5.74, 6) is -9.80. The average molecular weight is 528 g/mol. The lowest BCUT2D eigenvalue weighted by atomic mass is 9.52. The summed E-state index contributed by atoms with van der Waals surface area (Å²) in [4.78, 5) is 67.9. The molecule has 1 amide bonds. The van der Waals surface area contributed by atoms with E-state index in [1.54, 1.807) is 14.1 Å². The van der Waals surface area contributed by atoms with Crippen LogP contribution in [0.25, 0.3) is 0 Å². The van der Waals surface area contributed by atoms with Gasteiger partial charge in [0.25, 0.3) is 0 Å². The summed E-state index contributed by atoms with van der Waals surface area (Å²) in [7, 11) is 3.13. The minimum absolute atomic E-state index is 0.0471. The van der Waals surface area contributed by atoms with E-state index < -0.39 is 64.4 Å². The number of rotatable bonds is 7. The summed E-state index contributed by atoms with van der Waals surface area (Å²) in [5.41, 5.74) is 4.78. The van der Waals surface area contributed by atoms with Gasteiger partial charge in [0.2, 0.25) is 5.91 Å². The minimum atomic E-state index is -2.71. The first-order chi connectivity index (χ1) is 17.8. The Morgan fingerprint density at radius 1 is 1.18 bits per heavy atom. The van der Waals surface area contributed by atoms with E-state index >= 15 is 0 Å². The Morgan fingerprint density at radius 3 is 2.39 bits per heavy atom. The molecule has 1 aromatic carbocycles. The van der Waals surface area contributed by atoms with Crippen molar-refractivity contribution >= 4 is 29.0 Å². The van der Waals surface area contributed by atoms with Crippen molar-refractivity contribution in [2.75, 3.05) is 20.6 Å². The highest BCUT2D eigenvalue weighted by molar-refractivity contribution is 6.32. The van der Waals surface area contributed by atoms with Crippen molar-refractivity contribution in [1.29, 1.82) is 0 Å². The molecule has 2 saturated carbocycles. The molecule has 0 saturated heterocycles. The number of aryl methyl sites for hydroxylation is 1. The third-order valence-electron chi connectivity index (χ3n) is 8.48. The van der Waals surface area contributed by atoms with Gasteiger partial charge in [-0.05, 0) is 62.9 Å². The molecule has 0 radical (unpaired) electrons. The van der Waals surface area contributed by atoms with E-state index in [-0.39, 0.29) is 24.2 Å². The molecule has 6 atom stereocenters. The molecule has 10 heteroatoms. The quantitative estimate of drug-likeness (QED) is 0.362. The maximum atomic E-state index is 13.9. The second-order valence-electron chi connectivity index (χ2n) is 11.6. The maximum absolute atomic E-state index is 13.9. The first-order valence-electron chi connectivity index (χ1n) is 13.2. The van der Waals surface area contributed by atoms with Crippen molar-refractivity contribution < 1.29 is 34.2 Å². The van der Waals surface area contributed by atoms with Gasteiger partial charge in [-0.3, -0.25) is 28.9 Å². The number of hydrogen-bond donors (Lipinski definition) is 4. The fourth-order valence-electron chi connectivity index (χ4n) is 6.76. The Balaban J connectivity index is 1.82. The highest BCUT2D eigenvalue weighted by Gasteiger charge is 2.69. The molecular formula is C28H37N3O7. The van der Waals surface area contributed by atoms with Gasteiger partial charge >= 0.3 is 0 Å². The molecule has 206 valence electrons. The van der Waals surface area contributed by atoms with Crippen molar-refractivity contribution in [3.63, 3.8) is 0 Å². The molecular weight excluding hydrogens is 490 g/mol. The number of benzene rings is 1. The fourth-order valence-corrected chi connectivity index (χ4v) is 6.76. The van der Waals surface area contributed by atoms with Crippen LogP contribution in [-0.4, -0.2) is 76.4 Å². The monoisotopic (exact) mass is 527 g/mol. The van der Waals surface area contributed by atoms with Gasteiger partial charge in [0.15, 0.2) is 34.7 Å². The normalized spacial score (nSPS) is 30.9. The molecule has 0 aromatic heterocycles. The number of nitrogens with one attached hydrogen (secondary N) is 1. The molecule has 5 N–H and O–H groups in total. The van der Waals surface area contributed by atoms with Crippen LogP contribution in [0.2, 0.25) is 0 Å². The van der Waals surface area contributed by atoms with Gasteiger partial charge < -0.3 is 21.3 Å². The number of phenolic OH excluding ortho intramolecular Hbond substituents is 1. The molecule has 0 heterocycles. The summed E-state index contributed by atoms with van der Waals surface area (Å²) in [6, 6.07) is 0.772. The van der Waals surface area contributed by atoms with Gasteiger partial charge in [-0.2, -0.15) is 0 Å². The van der Waals surface area contributed by atoms with Crippen LogP contribution in [0.3, 0.4) is 0 Å². The Kier molecular flexibility index (Phi) is 7.37. The van der Waals surface area contributed by atoms with Gasteiger partial charge in [-0.1, -0.05) is 26.8 Å². The van der Waals surface area contributed by atoms with Gasteiger partial charge in [0.05, 0.1) is 17.5 Å². The first kappa shape index (κ1) is 28.1. The fraction of sp³-hybridized carbons (Fsp3) is 0.607. The van der Waals surface area contributed by atoms with Crippen molar-refractivity contribution in [3.05, 3.63) is 28.3 Å². The maximum Gasteiger partial charge on any atom is 0.235 e. The average Bonchev–Trinajstić information content (AvgIpc) is 2.82. The number of amides is 1. The van der Waals surface area contributed by atoms with Crippen LogP contribution in [0.5, 0.6) is 5.75 Å². The number of nitrogens with two attached hydrogens (primary N) is 1. The lowest BCUT2D eigenvalue weighted by Gasteiger charge is -2.52. The second-order valence-corrected chi connectivity index (χ2v) is 11.6. The Morgan fingerprint density at radius 2 is 1.84 bits per heavy atom. The molecule has 38 heavy (non-hydrogen) atoms. The summed E-state index contributed by atoms with van der Waals surface area (Å²) in [6.45, 7) is 7.09. The number of carbonyl (C=O) groups is 5. The number of fused-ring (bicyclic) bond motifs is 3. The number of carbonyl (C=O) groups excluding carboxylic acids is 5. The standard InChI is InChI=1S/C28H37N3O7/c1-6-13-7-15(11-30-10-12(2)3)22(32)19-16(13)8-14-9-17-21(31(4)5)24(34)20(27(29)37)26(36)28(17,38)25(35)18(14)23(19)33/h7,12,14,17-18,20-21,30,32,38H,6,8-11H2,1-5H3,(H2,29,37)/t14-,17-,18?,20?,21-,28-/m1/s1. The molecule has 0 bridgehead atoms. The predicted molar refractivity (Wildman–Crippen MR) is 137 cm³/mol. The molecule has 2 fully saturated rings. The van der Waals surface area contributed by atoms with E-state index in [1.165, 1.54) is 4.90 Å². The Hall–Kier alpha value is -2.95. The SMILES string of the molecule is CCc1cc(CNCC(C)C)c(O)c2c1C[C@@H]1C[C@@H]3[C@@H](N(C)C)C(=O)C(C(N)=O)C(=O)[C@]3(O)C(=O)C1C2=O. The van der Waals surface area contributed by atoms with Crippen molar-refractivity contribution in [1.82, 2.24) is 10.2 Å². The van der Waals surface area contributed by atoms with Crippen LogP contribution >= 0.6 is 0 Å². The minimum Gasteiger partial charge on any atom is -0.507 e. The molecule has 3 aliphatic carbocycles. The van der Waals surface area contributed by atoms with Gasteiger partial charge in [-0.25, -0.2) is 0 Å². The largest absolute Gasteiger partial charge is 0.507 e. The molecule has 2 unspecified atom stereocenters. The zero-order valence-electron chi connectivity index (χ0n) is 22.5. The lowest BCUT2D eigenvalue weighted by molar-refractivity contribution is -0.181. The zero-order chi connectivity index (χ0) is 28.3. The van der Waals surface area contributed by atoms with Crippen LogP contribution in [-0.2, 0) is 38.6 Å². The number of ketones is 4. The van der Waals surface area contributed by atoms with E-state index in [9.17, 15) is 34.2 Å². The van der Waals surface area contributed by atoms with Crippen LogP contribution in [0, 0.1) is 29.6 Å². The number of aromatic hydroxyl groups is 1. The number of phenols is 1. The third-order valence-corrected chi connectivity index (χ3v) is 8.48. The van der Waals surface area contributed by atoms with Gasteiger partial charge in [0, 0.05) is 18.0 Å². The summed E-state index contributed by atoms with van der Waals surface area (Å²) >= 11 is 0. The van der Waals surface area contributed by atoms with E-state index in [0.717, 1.165) is 5.56 Å². The predicted octanol–water partition coefficient (Wildman–Crippen LogP) is 0.175. The van der Waals surface area contributed by atoms with Crippen LogP contribution in [0.1, 0.15) is 54.2 Å². The topological polar surface area (TPSA) is 167 Å². The molecule has 0 aliphatic heterocycles. The zero-order valence-corrected chi connectivity index (χ0v) is 22.5. The van der Waals surface area contributed by atoms with Crippen molar-refractivity contribution in [2.24, 2.45) is 35.3 Å². The van der Waals surface area contributed by atoms with E-state index in [2.05, 4.69) is 19.2 Å². The first-order valence-corrected chi connectivity index (χ1v) is 13.2. The van der Waals surface area contributed by atoms with Crippen LogP contribution in [0.4, 0.5) is 0 Å². The summed E-state index contributed by atoms with van der Waals surface area (Å²) < 4.78 is 0. The molecule has 0 spiro atoms. The number of nitrogens with zero attached hydrogens (tertiary/aromatic N) is 1. The van der Waals surface area contributed by atoms with E-state index in [4.69, 9.17) is 5.73 Å². The molecule has 10 nitrogen and oxygen atoms in total. The van der Waals surface area contributed by atoms with E-state index in [1.807, 2.05) is 13.0 Å². The van der Waals surface area contributed by atoms with Crippen molar-refractivity contribution in [2.45, 2.75) is 58.2 Å². The second kappa shape index (κ2) is 9.98. The van der Waals surface area contributed by atoms with Crippen LogP contribution in [0.15, 0.2) is 6.07 Å². The van der Waals surface area contributed by atoms with Gasteiger partial charge in [-0.15, -0.1) is 0 Å². The highest BCUT2D eigenvalue weighted by Crippen LogP contribution is 2.51. The number of Topliss-reactive ketones (excluding diaryl/α,β-unsaturated/α-hetero) is 4.